The van der Waals surface area contributed by atoms with Gasteiger partial charge in [-0.05, 0) is 25.7 Å². The lowest BCUT2D eigenvalue weighted by Gasteiger charge is -2.48. The van der Waals surface area contributed by atoms with Crippen LogP contribution in [0.3, 0.4) is 0 Å². The second kappa shape index (κ2) is 6.55. The average Bonchev–Trinajstić information content (AvgIpc) is 2.35. The van der Waals surface area contributed by atoms with Gasteiger partial charge >= 0.3 is 0 Å². The van der Waals surface area contributed by atoms with Crippen LogP contribution in [-0.2, 0) is 0 Å². The van der Waals surface area contributed by atoms with Gasteiger partial charge < -0.3 is 5.32 Å². The van der Waals surface area contributed by atoms with Crippen molar-refractivity contribution in [2.75, 3.05) is 19.6 Å². The van der Waals surface area contributed by atoms with Gasteiger partial charge in [0.05, 0.1) is 0 Å². The first-order valence-electron chi connectivity index (χ1n) is 7.18. The molecule has 1 atom stereocenters. The summed E-state index contributed by atoms with van der Waals surface area (Å²) in [4.78, 5) is 2.66. The number of hydrogen-bond acceptors (Lipinski definition) is 2. The average molecular weight is 238 g/mol. The number of nitrogens with zero attached hydrogens (tertiary/aromatic N) is 1. The summed E-state index contributed by atoms with van der Waals surface area (Å²) in [5, 5.41) is 3.80. The smallest absolute Gasteiger partial charge is 0.0304 e. The molecule has 1 N–H and O–H groups in total. The first-order valence-corrected chi connectivity index (χ1v) is 7.18. The molecule has 0 aromatic heterocycles. The molecule has 1 aliphatic rings. The molecular formula is C15H30N2. The summed E-state index contributed by atoms with van der Waals surface area (Å²) in [6.07, 6.45) is 6.90. The van der Waals surface area contributed by atoms with E-state index in [0.717, 1.165) is 19.0 Å². The molecule has 2 nitrogen and oxygen atoms in total. The summed E-state index contributed by atoms with van der Waals surface area (Å²) < 4.78 is 0. The molecule has 100 valence electrons. The fourth-order valence-corrected chi connectivity index (χ4v) is 2.83. The third-order valence-corrected chi connectivity index (χ3v) is 4.36. The minimum absolute atomic E-state index is 0.340. The third kappa shape index (κ3) is 3.56. The van der Waals surface area contributed by atoms with Crippen molar-refractivity contribution in [2.45, 2.75) is 59.0 Å². The number of nitrogens with one attached hydrogen (secondary N) is 1. The van der Waals surface area contributed by atoms with E-state index in [2.05, 4.69) is 57.0 Å². The van der Waals surface area contributed by atoms with Crippen molar-refractivity contribution in [3.8, 4) is 0 Å². The summed E-state index contributed by atoms with van der Waals surface area (Å²) in [6, 6.07) is 0.678. The van der Waals surface area contributed by atoms with Crippen LogP contribution in [0.5, 0.6) is 0 Å². The van der Waals surface area contributed by atoms with Crippen LogP contribution in [0.2, 0.25) is 0 Å². The normalized spacial score (nSPS) is 25.9. The van der Waals surface area contributed by atoms with Crippen LogP contribution in [0.25, 0.3) is 0 Å². The number of piperazine rings is 1. The maximum absolute atomic E-state index is 3.80. The van der Waals surface area contributed by atoms with E-state index < -0.39 is 0 Å². The minimum Gasteiger partial charge on any atom is -0.308 e. The minimum atomic E-state index is 0.340. The van der Waals surface area contributed by atoms with Gasteiger partial charge in [0.25, 0.3) is 0 Å². The summed E-state index contributed by atoms with van der Waals surface area (Å²) >= 11 is 0. The quantitative estimate of drug-likeness (QED) is 0.741. The second-order valence-corrected chi connectivity index (χ2v) is 5.68. The Kier molecular flexibility index (Phi) is 5.68. The van der Waals surface area contributed by atoms with Gasteiger partial charge in [-0.1, -0.05) is 39.8 Å². The highest BCUT2D eigenvalue weighted by atomic mass is 15.3. The van der Waals surface area contributed by atoms with E-state index in [0.29, 0.717) is 11.6 Å². The third-order valence-electron chi connectivity index (χ3n) is 4.36. The molecule has 0 saturated carbocycles. The Bertz CT molecular complexity index is 241. The van der Waals surface area contributed by atoms with Gasteiger partial charge in [0.15, 0.2) is 0 Å². The summed E-state index contributed by atoms with van der Waals surface area (Å²) in [7, 11) is 0. The largest absolute Gasteiger partial charge is 0.308 e. The van der Waals surface area contributed by atoms with Crippen LogP contribution in [0.1, 0.15) is 47.5 Å². The second-order valence-electron chi connectivity index (χ2n) is 5.68. The predicted molar refractivity (Wildman–Crippen MR) is 76.3 cm³/mol. The highest BCUT2D eigenvalue weighted by molar-refractivity contribution is 4.99. The first-order chi connectivity index (χ1) is 8.08. The predicted octanol–water partition coefficient (Wildman–Crippen LogP) is 3.05. The zero-order valence-electron chi connectivity index (χ0n) is 12.3. The van der Waals surface area contributed by atoms with Crippen molar-refractivity contribution in [1.82, 2.24) is 10.2 Å². The lowest BCUT2D eigenvalue weighted by molar-refractivity contribution is 0.0601. The maximum atomic E-state index is 3.80. The van der Waals surface area contributed by atoms with Gasteiger partial charge in [0, 0.05) is 31.2 Å². The Balaban J connectivity index is 2.75. The summed E-state index contributed by atoms with van der Waals surface area (Å²) in [5.74, 6) is 0.722. The van der Waals surface area contributed by atoms with E-state index in [1.807, 2.05) is 0 Å². The standard InChI is InChI=1S/C15H30N2/c1-6-9-10-17-12-15(7-2,8-3)16-11-14(17)13(4)5/h6,9,13-14,16H,7-8,10-12H2,1-5H3/b9-6+. The van der Waals surface area contributed by atoms with Gasteiger partial charge in [-0.3, -0.25) is 4.90 Å². The highest BCUT2D eigenvalue weighted by Crippen LogP contribution is 2.25. The zero-order valence-corrected chi connectivity index (χ0v) is 12.3. The Morgan fingerprint density at radius 2 is 2.00 bits per heavy atom. The Hall–Kier alpha value is -0.340. The molecule has 0 amide bonds. The Morgan fingerprint density at radius 3 is 2.47 bits per heavy atom. The van der Waals surface area contributed by atoms with Gasteiger partial charge in [-0.25, -0.2) is 0 Å². The molecule has 0 radical (unpaired) electrons. The van der Waals surface area contributed by atoms with Crippen LogP contribution in [-0.4, -0.2) is 36.1 Å². The van der Waals surface area contributed by atoms with E-state index in [-0.39, 0.29) is 0 Å². The molecule has 0 spiro atoms. The Morgan fingerprint density at radius 1 is 1.35 bits per heavy atom. The maximum Gasteiger partial charge on any atom is 0.0304 e. The van der Waals surface area contributed by atoms with Crippen molar-refractivity contribution in [3.63, 3.8) is 0 Å². The molecule has 1 saturated heterocycles. The lowest BCUT2D eigenvalue weighted by Crippen LogP contribution is -2.64. The van der Waals surface area contributed by atoms with Gasteiger partial charge in [-0.2, -0.15) is 0 Å². The van der Waals surface area contributed by atoms with Crippen LogP contribution < -0.4 is 5.32 Å². The SMILES string of the molecule is C/C=C/CN1CC(CC)(CC)NCC1C(C)C. The lowest BCUT2D eigenvalue weighted by atomic mass is 9.86. The molecule has 0 aliphatic carbocycles. The molecule has 0 bridgehead atoms. The molecule has 0 aromatic carbocycles. The van der Waals surface area contributed by atoms with Crippen molar-refractivity contribution >= 4 is 0 Å². The van der Waals surface area contributed by atoms with E-state index in [9.17, 15) is 0 Å². The fraction of sp³-hybridized carbons (Fsp3) is 0.867. The topological polar surface area (TPSA) is 15.3 Å². The monoisotopic (exact) mass is 238 g/mol. The summed E-state index contributed by atoms with van der Waals surface area (Å²) in [6.45, 7) is 14.8. The zero-order chi connectivity index (χ0) is 12.9. The number of hydrogen-bond donors (Lipinski definition) is 1. The molecule has 1 aliphatic heterocycles. The molecule has 2 heteroatoms. The first kappa shape index (κ1) is 14.7. The number of allylic oxidation sites excluding steroid dienone is 1. The van der Waals surface area contributed by atoms with Crippen molar-refractivity contribution in [2.24, 2.45) is 5.92 Å². The van der Waals surface area contributed by atoms with E-state index >= 15 is 0 Å². The van der Waals surface area contributed by atoms with Crippen molar-refractivity contribution < 1.29 is 0 Å². The van der Waals surface area contributed by atoms with Crippen LogP contribution in [0.4, 0.5) is 0 Å². The van der Waals surface area contributed by atoms with Gasteiger partial charge in [-0.15, -0.1) is 0 Å². The molecule has 0 aromatic rings. The molecule has 1 rings (SSSR count). The molecule has 1 unspecified atom stereocenters. The summed E-state index contributed by atoms with van der Waals surface area (Å²) in [5.41, 5.74) is 0.340. The molecule has 1 fully saturated rings. The van der Waals surface area contributed by atoms with Gasteiger partial charge in [0.1, 0.15) is 0 Å². The van der Waals surface area contributed by atoms with Crippen LogP contribution in [0.15, 0.2) is 12.2 Å². The Labute approximate surface area is 107 Å². The molecule has 17 heavy (non-hydrogen) atoms. The van der Waals surface area contributed by atoms with E-state index in [4.69, 9.17) is 0 Å². The molecular weight excluding hydrogens is 208 g/mol. The van der Waals surface area contributed by atoms with Crippen LogP contribution >= 0.6 is 0 Å². The molecule has 1 heterocycles. The highest BCUT2D eigenvalue weighted by Gasteiger charge is 2.36. The van der Waals surface area contributed by atoms with E-state index in [1.165, 1.54) is 19.4 Å². The van der Waals surface area contributed by atoms with Crippen molar-refractivity contribution in [1.29, 1.82) is 0 Å². The van der Waals surface area contributed by atoms with Gasteiger partial charge in [0.2, 0.25) is 0 Å². The van der Waals surface area contributed by atoms with E-state index in [1.54, 1.807) is 0 Å². The van der Waals surface area contributed by atoms with Crippen molar-refractivity contribution in [3.05, 3.63) is 12.2 Å². The fourth-order valence-electron chi connectivity index (χ4n) is 2.83. The number of rotatable bonds is 5. The van der Waals surface area contributed by atoms with Crippen LogP contribution in [0, 0.1) is 5.92 Å².